The molecule has 3 fully saturated rings. The Bertz CT molecular complexity index is 699. The van der Waals surface area contributed by atoms with Crippen molar-refractivity contribution < 1.29 is 8.42 Å². The van der Waals surface area contributed by atoms with Crippen molar-refractivity contribution in [1.82, 2.24) is 13.5 Å². The number of hydrogen-bond acceptors (Lipinski definition) is 3. The zero-order valence-electron chi connectivity index (χ0n) is 14.6. The molecule has 0 spiro atoms. The van der Waals surface area contributed by atoms with Gasteiger partial charge in [-0.1, -0.05) is 44.2 Å². The van der Waals surface area contributed by atoms with Crippen molar-refractivity contribution in [1.29, 1.82) is 0 Å². The first-order valence-corrected chi connectivity index (χ1v) is 10.2. The zero-order valence-corrected chi connectivity index (χ0v) is 15.4. The minimum absolute atomic E-state index is 0.0275. The lowest BCUT2D eigenvalue weighted by atomic mass is 9.71. The van der Waals surface area contributed by atoms with Gasteiger partial charge < -0.3 is 0 Å². The highest BCUT2D eigenvalue weighted by atomic mass is 32.2. The molecule has 0 saturated carbocycles. The highest BCUT2D eigenvalue weighted by molar-refractivity contribution is 7.86. The first-order chi connectivity index (χ1) is 11.3. The van der Waals surface area contributed by atoms with Crippen LogP contribution < -0.4 is 0 Å². The van der Waals surface area contributed by atoms with Crippen LogP contribution in [0.1, 0.15) is 25.8 Å². The number of rotatable bonds is 4. The van der Waals surface area contributed by atoms with Crippen molar-refractivity contribution >= 4 is 10.2 Å². The Labute approximate surface area is 145 Å². The Morgan fingerprint density at radius 2 is 1.50 bits per heavy atom. The van der Waals surface area contributed by atoms with Gasteiger partial charge in [0.2, 0.25) is 0 Å². The summed E-state index contributed by atoms with van der Waals surface area (Å²) >= 11 is 0. The number of likely N-dealkylation sites (tertiary alicyclic amines) is 1. The average Bonchev–Trinajstić information content (AvgIpc) is 2.82. The van der Waals surface area contributed by atoms with E-state index in [4.69, 9.17) is 0 Å². The second kappa shape index (κ2) is 5.53. The van der Waals surface area contributed by atoms with Gasteiger partial charge in [0.1, 0.15) is 0 Å². The number of nitrogens with zero attached hydrogens (tertiary/aromatic N) is 3. The van der Waals surface area contributed by atoms with E-state index < -0.39 is 10.2 Å². The third-order valence-electron chi connectivity index (χ3n) is 6.37. The Balaban J connectivity index is 1.49. The summed E-state index contributed by atoms with van der Waals surface area (Å²) in [7, 11) is -3.25. The lowest BCUT2D eigenvalue weighted by Gasteiger charge is -2.34. The Hall–Kier alpha value is -0.950. The van der Waals surface area contributed by atoms with Crippen LogP contribution in [-0.4, -0.2) is 61.2 Å². The molecule has 2 unspecified atom stereocenters. The zero-order chi connectivity index (χ0) is 17.0. The summed E-state index contributed by atoms with van der Waals surface area (Å²) in [4.78, 5) is 2.49. The summed E-state index contributed by atoms with van der Waals surface area (Å²) in [6, 6.07) is 10.5. The van der Waals surface area contributed by atoms with Gasteiger partial charge in [0.25, 0.3) is 10.2 Å². The Kier molecular flexibility index (Phi) is 3.80. The largest absolute Gasteiger partial charge is 0.298 e. The van der Waals surface area contributed by atoms with E-state index in [0.29, 0.717) is 26.2 Å². The first-order valence-electron chi connectivity index (χ1n) is 8.84. The summed E-state index contributed by atoms with van der Waals surface area (Å²) in [5.74, 6) is 0. The third kappa shape index (κ3) is 2.51. The molecule has 0 radical (unpaired) electrons. The summed E-state index contributed by atoms with van der Waals surface area (Å²) in [6.45, 7) is 10.1. The predicted octanol–water partition coefficient (Wildman–Crippen LogP) is 1.78. The number of benzene rings is 1. The van der Waals surface area contributed by atoms with Gasteiger partial charge in [0, 0.05) is 56.6 Å². The van der Waals surface area contributed by atoms with Gasteiger partial charge in [-0.3, -0.25) is 4.90 Å². The van der Waals surface area contributed by atoms with Crippen LogP contribution in [0.3, 0.4) is 0 Å². The van der Waals surface area contributed by atoms with Gasteiger partial charge in [-0.15, -0.1) is 0 Å². The molecule has 0 aromatic heterocycles. The van der Waals surface area contributed by atoms with Gasteiger partial charge in [0.15, 0.2) is 0 Å². The fourth-order valence-corrected chi connectivity index (χ4v) is 6.48. The second-order valence-electron chi connectivity index (χ2n) is 8.28. The lowest BCUT2D eigenvalue weighted by molar-refractivity contribution is 0.212. The van der Waals surface area contributed by atoms with Gasteiger partial charge in [0.05, 0.1) is 0 Å². The van der Waals surface area contributed by atoms with Crippen LogP contribution in [-0.2, 0) is 16.8 Å². The first kappa shape index (κ1) is 16.5. The molecule has 3 aliphatic heterocycles. The van der Waals surface area contributed by atoms with Crippen molar-refractivity contribution in [3.05, 3.63) is 35.9 Å². The van der Waals surface area contributed by atoms with Gasteiger partial charge in [-0.25, -0.2) is 0 Å². The van der Waals surface area contributed by atoms with E-state index in [1.807, 2.05) is 6.07 Å². The quantitative estimate of drug-likeness (QED) is 0.832. The van der Waals surface area contributed by atoms with Crippen LogP contribution in [0.5, 0.6) is 0 Å². The smallest absolute Gasteiger partial charge is 0.282 e. The second-order valence-corrected chi connectivity index (χ2v) is 10.2. The van der Waals surface area contributed by atoms with Gasteiger partial charge in [-0.05, 0) is 12.0 Å². The molecule has 4 rings (SSSR count). The maximum absolute atomic E-state index is 12.7. The highest BCUT2D eigenvalue weighted by Gasteiger charge is 2.60. The molecule has 24 heavy (non-hydrogen) atoms. The standard InChI is InChI=1S/C18H27N3O2S/c1-17-12-19(11-16-7-4-3-5-8-16)13-18(17,2)15-21(14-17)24(22,23)20-9-6-10-20/h3-5,7-8H,6,9-15H2,1-2H3. The molecule has 0 bridgehead atoms. The fraction of sp³-hybridized carbons (Fsp3) is 0.667. The van der Waals surface area contributed by atoms with E-state index in [-0.39, 0.29) is 10.8 Å². The van der Waals surface area contributed by atoms with E-state index in [9.17, 15) is 8.42 Å². The summed E-state index contributed by atoms with van der Waals surface area (Å²) in [6.07, 6.45) is 0.993. The van der Waals surface area contributed by atoms with E-state index >= 15 is 0 Å². The lowest BCUT2D eigenvalue weighted by Crippen LogP contribution is -2.50. The van der Waals surface area contributed by atoms with E-state index in [2.05, 4.69) is 43.0 Å². The average molecular weight is 350 g/mol. The van der Waals surface area contributed by atoms with Crippen molar-refractivity contribution in [3.63, 3.8) is 0 Å². The monoisotopic (exact) mass is 349 g/mol. The maximum Gasteiger partial charge on any atom is 0.282 e. The van der Waals surface area contributed by atoms with E-state index in [1.165, 1.54) is 5.56 Å². The highest BCUT2D eigenvalue weighted by Crippen LogP contribution is 2.52. The van der Waals surface area contributed by atoms with E-state index in [0.717, 1.165) is 26.1 Å². The maximum atomic E-state index is 12.7. The summed E-state index contributed by atoms with van der Waals surface area (Å²) in [5, 5.41) is 0. The number of hydrogen-bond donors (Lipinski definition) is 0. The van der Waals surface area contributed by atoms with Crippen LogP contribution in [0.2, 0.25) is 0 Å². The molecule has 0 aliphatic carbocycles. The van der Waals surface area contributed by atoms with Gasteiger partial charge in [-0.2, -0.15) is 17.0 Å². The summed E-state index contributed by atoms with van der Waals surface area (Å²) < 4.78 is 28.9. The predicted molar refractivity (Wildman–Crippen MR) is 94.6 cm³/mol. The van der Waals surface area contributed by atoms with Crippen LogP contribution in [0, 0.1) is 10.8 Å². The summed E-state index contributed by atoms with van der Waals surface area (Å²) in [5.41, 5.74) is 1.38. The van der Waals surface area contributed by atoms with Crippen LogP contribution in [0.4, 0.5) is 0 Å². The molecule has 132 valence electrons. The molecule has 1 aromatic rings. The van der Waals surface area contributed by atoms with Crippen LogP contribution >= 0.6 is 0 Å². The van der Waals surface area contributed by atoms with Gasteiger partial charge >= 0.3 is 0 Å². The van der Waals surface area contributed by atoms with Crippen LogP contribution in [0.25, 0.3) is 0 Å². The molecule has 0 N–H and O–H groups in total. The van der Waals surface area contributed by atoms with Crippen molar-refractivity contribution in [3.8, 4) is 0 Å². The van der Waals surface area contributed by atoms with Crippen molar-refractivity contribution in [2.45, 2.75) is 26.8 Å². The molecule has 5 nitrogen and oxygen atoms in total. The molecular formula is C18H27N3O2S. The normalized spacial score (nSPS) is 35.1. The third-order valence-corrected chi connectivity index (χ3v) is 8.30. The molecule has 3 aliphatic rings. The minimum Gasteiger partial charge on any atom is -0.298 e. The molecular weight excluding hydrogens is 322 g/mol. The Morgan fingerprint density at radius 1 is 0.917 bits per heavy atom. The minimum atomic E-state index is -3.25. The van der Waals surface area contributed by atoms with Crippen molar-refractivity contribution in [2.75, 3.05) is 39.3 Å². The molecule has 6 heteroatoms. The van der Waals surface area contributed by atoms with E-state index in [1.54, 1.807) is 8.61 Å². The molecule has 3 saturated heterocycles. The molecule has 2 atom stereocenters. The molecule has 0 amide bonds. The Morgan fingerprint density at radius 3 is 2.00 bits per heavy atom. The number of fused-ring (bicyclic) bond motifs is 1. The fourth-order valence-electron chi connectivity index (χ4n) is 4.54. The molecule has 1 aromatic carbocycles. The van der Waals surface area contributed by atoms with Crippen molar-refractivity contribution in [2.24, 2.45) is 10.8 Å². The van der Waals surface area contributed by atoms with Crippen LogP contribution in [0.15, 0.2) is 30.3 Å². The molecule has 3 heterocycles. The topological polar surface area (TPSA) is 43.9 Å². The SMILES string of the molecule is CC12CN(Cc3ccccc3)CC1(C)CN(S(=O)(=O)N1CCC1)C2.